The lowest BCUT2D eigenvalue weighted by Crippen LogP contribution is -2.25. The van der Waals surface area contributed by atoms with E-state index in [2.05, 4.69) is 52.3 Å². The summed E-state index contributed by atoms with van der Waals surface area (Å²) in [7, 11) is 0. The van der Waals surface area contributed by atoms with Gasteiger partial charge in [-0.05, 0) is 80.6 Å². The molecule has 0 unspecified atom stereocenters. The molecule has 1 aliphatic carbocycles. The molecule has 40 heavy (non-hydrogen) atoms. The number of aromatic nitrogens is 1. The van der Waals surface area contributed by atoms with E-state index in [1.165, 1.54) is 28.6 Å². The van der Waals surface area contributed by atoms with Crippen molar-refractivity contribution in [3.05, 3.63) is 71.8 Å². The van der Waals surface area contributed by atoms with Crippen LogP contribution in [0.2, 0.25) is 5.02 Å². The number of halogens is 1. The third-order valence-electron chi connectivity index (χ3n) is 7.77. The first-order valence-corrected chi connectivity index (χ1v) is 14.6. The molecule has 0 atom stereocenters. The van der Waals surface area contributed by atoms with Gasteiger partial charge in [-0.1, -0.05) is 35.9 Å². The number of nitrogens with one attached hydrogen (secondary N) is 1. The molecule has 2 aliphatic rings. The normalized spacial score (nSPS) is 16.2. The van der Waals surface area contributed by atoms with Crippen molar-refractivity contribution in [2.75, 3.05) is 18.5 Å². The van der Waals surface area contributed by atoms with E-state index in [4.69, 9.17) is 25.8 Å². The first-order valence-electron chi connectivity index (χ1n) is 14.2. The SMILES string of the molecule is CC(C)OC(=O)Nc1ccc(-c2c(-c3ccc(Cl)cc3)c3ccc(OC4CCOCC4)cc3n2C2CCC2)cc1. The van der Waals surface area contributed by atoms with E-state index in [-0.39, 0.29) is 12.2 Å². The molecule has 1 saturated heterocycles. The second-order valence-corrected chi connectivity index (χ2v) is 11.4. The van der Waals surface area contributed by atoms with E-state index in [1.807, 2.05) is 38.1 Å². The maximum atomic E-state index is 12.2. The number of benzene rings is 3. The molecule has 1 amide bonds. The van der Waals surface area contributed by atoms with Crippen LogP contribution in [0.15, 0.2) is 66.7 Å². The lowest BCUT2D eigenvalue weighted by molar-refractivity contribution is 0.0256. The van der Waals surface area contributed by atoms with Gasteiger partial charge in [-0.15, -0.1) is 0 Å². The molecule has 0 radical (unpaired) electrons. The first-order chi connectivity index (χ1) is 19.5. The highest BCUT2D eigenvalue weighted by Crippen LogP contribution is 2.47. The number of nitrogens with zero attached hydrogens (tertiary/aromatic N) is 1. The van der Waals surface area contributed by atoms with Crippen LogP contribution >= 0.6 is 11.6 Å². The highest BCUT2D eigenvalue weighted by atomic mass is 35.5. The summed E-state index contributed by atoms with van der Waals surface area (Å²) >= 11 is 6.29. The number of anilines is 1. The number of carbonyl (C=O) groups excluding carboxylic acids is 1. The van der Waals surface area contributed by atoms with Crippen LogP contribution in [-0.4, -0.2) is 36.1 Å². The zero-order valence-corrected chi connectivity index (χ0v) is 23.7. The fourth-order valence-corrected chi connectivity index (χ4v) is 5.77. The summed E-state index contributed by atoms with van der Waals surface area (Å²) in [4.78, 5) is 12.2. The highest BCUT2D eigenvalue weighted by molar-refractivity contribution is 6.30. The Bertz CT molecular complexity index is 1480. The zero-order chi connectivity index (χ0) is 27.6. The molecule has 0 bridgehead atoms. The van der Waals surface area contributed by atoms with Crippen molar-refractivity contribution in [1.29, 1.82) is 0 Å². The quantitative estimate of drug-likeness (QED) is 0.246. The van der Waals surface area contributed by atoms with Gasteiger partial charge in [0.1, 0.15) is 11.9 Å². The molecule has 1 aliphatic heterocycles. The molecular weight excluding hydrogens is 524 g/mol. The van der Waals surface area contributed by atoms with Gasteiger partial charge in [-0.2, -0.15) is 0 Å². The standard InChI is InChI=1S/C33H35ClN2O4/c1-21(2)39-33(37)35-25-12-8-23(9-13-25)32-31(22-6-10-24(34)11-7-22)29-15-14-28(40-27-16-18-38-19-17-27)20-30(29)36(32)26-4-3-5-26/h6-15,20-21,26-27H,3-5,16-19H2,1-2H3,(H,35,37). The number of amides is 1. The Balaban J connectivity index is 1.47. The average molecular weight is 559 g/mol. The van der Waals surface area contributed by atoms with Crippen LogP contribution in [0.4, 0.5) is 10.5 Å². The van der Waals surface area contributed by atoms with Gasteiger partial charge in [-0.25, -0.2) is 4.79 Å². The van der Waals surface area contributed by atoms with Gasteiger partial charge in [0, 0.05) is 46.6 Å². The van der Waals surface area contributed by atoms with Crippen molar-refractivity contribution in [2.24, 2.45) is 0 Å². The van der Waals surface area contributed by atoms with Crippen molar-refractivity contribution < 1.29 is 19.0 Å². The van der Waals surface area contributed by atoms with E-state index in [0.29, 0.717) is 16.8 Å². The monoisotopic (exact) mass is 558 g/mol. The van der Waals surface area contributed by atoms with Crippen LogP contribution in [0.5, 0.6) is 5.75 Å². The lowest BCUT2D eigenvalue weighted by Gasteiger charge is -2.30. The Morgan fingerprint density at radius 2 is 1.65 bits per heavy atom. The minimum atomic E-state index is -0.453. The van der Waals surface area contributed by atoms with Crippen molar-refractivity contribution in [3.8, 4) is 28.1 Å². The zero-order valence-electron chi connectivity index (χ0n) is 23.0. The summed E-state index contributed by atoms with van der Waals surface area (Å²) in [6, 6.07) is 23.0. The Kier molecular flexibility index (Phi) is 7.72. The van der Waals surface area contributed by atoms with Crippen LogP contribution < -0.4 is 10.1 Å². The topological polar surface area (TPSA) is 61.7 Å². The summed E-state index contributed by atoms with van der Waals surface area (Å²) in [6.45, 7) is 5.16. The van der Waals surface area contributed by atoms with Gasteiger partial charge >= 0.3 is 6.09 Å². The second-order valence-electron chi connectivity index (χ2n) is 11.0. The largest absolute Gasteiger partial charge is 0.490 e. The Labute approximate surface area is 240 Å². The number of carbonyl (C=O) groups is 1. The molecule has 6 nitrogen and oxygen atoms in total. The van der Waals surface area contributed by atoms with Crippen molar-refractivity contribution in [3.63, 3.8) is 0 Å². The number of hydrogen-bond donors (Lipinski definition) is 1. The van der Waals surface area contributed by atoms with Crippen molar-refractivity contribution in [2.45, 2.75) is 64.2 Å². The van der Waals surface area contributed by atoms with Gasteiger partial charge in [0.2, 0.25) is 0 Å². The van der Waals surface area contributed by atoms with Crippen LogP contribution in [0.3, 0.4) is 0 Å². The van der Waals surface area contributed by atoms with E-state index in [1.54, 1.807) is 0 Å². The lowest BCUT2D eigenvalue weighted by atomic mass is 9.91. The summed E-state index contributed by atoms with van der Waals surface area (Å²) in [5.74, 6) is 0.898. The minimum absolute atomic E-state index is 0.177. The molecule has 1 aromatic heterocycles. The summed E-state index contributed by atoms with van der Waals surface area (Å²) < 4.78 is 19.7. The molecule has 2 heterocycles. The molecule has 7 heteroatoms. The second kappa shape index (κ2) is 11.6. The van der Waals surface area contributed by atoms with E-state index in [9.17, 15) is 4.79 Å². The maximum Gasteiger partial charge on any atom is 0.411 e. The van der Waals surface area contributed by atoms with Crippen molar-refractivity contribution >= 4 is 34.3 Å². The molecule has 6 rings (SSSR count). The molecule has 208 valence electrons. The van der Waals surface area contributed by atoms with Gasteiger partial charge in [0.05, 0.1) is 30.5 Å². The third kappa shape index (κ3) is 5.56. The number of hydrogen-bond acceptors (Lipinski definition) is 4. The van der Waals surface area contributed by atoms with Crippen LogP contribution in [0.25, 0.3) is 33.3 Å². The van der Waals surface area contributed by atoms with Gasteiger partial charge < -0.3 is 18.8 Å². The highest BCUT2D eigenvalue weighted by Gasteiger charge is 2.29. The Morgan fingerprint density at radius 3 is 2.30 bits per heavy atom. The number of fused-ring (bicyclic) bond motifs is 1. The van der Waals surface area contributed by atoms with E-state index < -0.39 is 6.09 Å². The Morgan fingerprint density at radius 1 is 0.950 bits per heavy atom. The van der Waals surface area contributed by atoms with Crippen LogP contribution in [-0.2, 0) is 9.47 Å². The summed E-state index contributed by atoms with van der Waals surface area (Å²) in [5, 5.41) is 4.73. The predicted octanol–water partition coefficient (Wildman–Crippen LogP) is 8.87. The number of rotatable bonds is 7. The summed E-state index contributed by atoms with van der Waals surface area (Å²) in [6.07, 6.45) is 4.87. The van der Waals surface area contributed by atoms with Crippen LogP contribution in [0, 0.1) is 0 Å². The smallest absolute Gasteiger partial charge is 0.411 e. The van der Waals surface area contributed by atoms with Gasteiger partial charge in [0.25, 0.3) is 0 Å². The molecule has 3 aromatic carbocycles. The molecular formula is C33H35ClN2O4. The summed E-state index contributed by atoms with van der Waals surface area (Å²) in [5.41, 5.74) is 6.42. The van der Waals surface area contributed by atoms with Gasteiger partial charge in [0.15, 0.2) is 0 Å². The van der Waals surface area contributed by atoms with E-state index >= 15 is 0 Å². The number of ether oxygens (including phenoxy) is 3. The first kappa shape index (κ1) is 26.7. The molecule has 0 spiro atoms. The molecule has 2 fully saturated rings. The molecule has 1 N–H and O–H groups in total. The third-order valence-corrected chi connectivity index (χ3v) is 8.02. The average Bonchev–Trinajstić information content (AvgIpc) is 3.23. The van der Waals surface area contributed by atoms with Crippen molar-refractivity contribution in [1.82, 2.24) is 4.57 Å². The minimum Gasteiger partial charge on any atom is -0.490 e. The molecule has 4 aromatic rings. The maximum absolute atomic E-state index is 12.2. The van der Waals surface area contributed by atoms with Gasteiger partial charge in [-0.3, -0.25) is 5.32 Å². The Hall–Kier alpha value is -3.48. The van der Waals surface area contributed by atoms with Crippen LogP contribution in [0.1, 0.15) is 52.0 Å². The van der Waals surface area contributed by atoms with E-state index in [0.717, 1.165) is 55.8 Å². The molecule has 1 saturated carbocycles. The fourth-order valence-electron chi connectivity index (χ4n) is 5.64. The predicted molar refractivity (Wildman–Crippen MR) is 160 cm³/mol. The fraction of sp³-hybridized carbons (Fsp3) is 0.364.